The largest absolute Gasteiger partial charge is 0.511 e. The van der Waals surface area contributed by atoms with Crippen molar-refractivity contribution in [3.8, 4) is 0 Å². The minimum atomic E-state index is -4.92. The van der Waals surface area contributed by atoms with E-state index in [1.54, 1.807) is 7.05 Å². The van der Waals surface area contributed by atoms with Crippen LogP contribution in [0.3, 0.4) is 0 Å². The lowest BCUT2D eigenvalue weighted by molar-refractivity contribution is 0.501. The molecule has 1 heterocycles. The highest BCUT2D eigenvalue weighted by molar-refractivity contribution is 6.73. The topological polar surface area (TPSA) is 24.9 Å². The number of pyridine rings is 1. The molecule has 2 nitrogen and oxygen atoms in total. The summed E-state index contributed by atoms with van der Waals surface area (Å²) in [4.78, 5) is 3.55. The van der Waals surface area contributed by atoms with Crippen LogP contribution in [0.4, 0.5) is 18.8 Å². The Labute approximate surface area is 67.9 Å². The molecule has 0 unspecified atom stereocenters. The highest BCUT2D eigenvalue weighted by Crippen LogP contribution is 2.08. The zero-order valence-corrected chi connectivity index (χ0v) is 6.39. The number of hydrogen-bond acceptors (Lipinski definition) is 2. The molecule has 12 heavy (non-hydrogen) atoms. The van der Waals surface area contributed by atoms with Gasteiger partial charge in [0.1, 0.15) is 5.82 Å². The highest BCUT2D eigenvalue weighted by Gasteiger charge is 2.25. The molecule has 0 aliphatic rings. The molecule has 1 aromatic rings. The van der Waals surface area contributed by atoms with E-state index in [4.69, 9.17) is 0 Å². The number of anilines is 1. The van der Waals surface area contributed by atoms with E-state index < -0.39 is 12.4 Å². The van der Waals surface area contributed by atoms with Gasteiger partial charge in [-0.3, -0.25) is 0 Å². The normalized spacial score (nSPS) is 11.3. The van der Waals surface area contributed by atoms with Crippen LogP contribution < -0.4 is 10.8 Å². The Balaban J connectivity index is 2.93. The summed E-state index contributed by atoms with van der Waals surface area (Å²) >= 11 is 0. The average molecular weight is 175 g/mol. The Morgan fingerprint density at radius 3 is 2.33 bits per heavy atom. The van der Waals surface area contributed by atoms with Crippen LogP contribution in [-0.2, 0) is 0 Å². The number of hydrogen-bond donors (Lipinski definition) is 1. The van der Waals surface area contributed by atoms with E-state index in [0.29, 0.717) is 5.82 Å². The number of aromatic nitrogens is 1. The van der Waals surface area contributed by atoms with Gasteiger partial charge in [0, 0.05) is 13.2 Å². The molecule has 0 aliphatic heterocycles. The fraction of sp³-hybridized carbons (Fsp3) is 0.167. The summed E-state index contributed by atoms with van der Waals surface area (Å²) in [6.45, 7) is -4.92. The van der Waals surface area contributed by atoms with Crippen LogP contribution in [0.1, 0.15) is 0 Å². The molecule has 1 aromatic heterocycles. The van der Waals surface area contributed by atoms with Crippen molar-refractivity contribution in [1.82, 2.24) is 4.98 Å². The third kappa shape index (κ3) is 1.90. The van der Waals surface area contributed by atoms with Gasteiger partial charge in [-0.25, -0.2) is 4.98 Å². The fourth-order valence-electron chi connectivity index (χ4n) is 0.747. The Morgan fingerprint density at radius 2 is 2.00 bits per heavy atom. The van der Waals surface area contributed by atoms with E-state index in [1.807, 2.05) is 0 Å². The standard InChI is InChI=1S/C6H7BF3N2/c1-11-6-3-2-5(4-12-6)7(8,9)10/h2-4H,1H3,(H,11,12)/q-1. The average Bonchev–Trinajstić information content (AvgIpc) is 2.03. The summed E-state index contributed by atoms with van der Waals surface area (Å²) in [7, 11) is 1.60. The molecule has 0 bridgehead atoms. The van der Waals surface area contributed by atoms with Gasteiger partial charge in [0.2, 0.25) is 0 Å². The summed E-state index contributed by atoms with van der Waals surface area (Å²) in [6.07, 6.45) is 0.825. The Morgan fingerprint density at radius 1 is 1.33 bits per heavy atom. The van der Waals surface area contributed by atoms with Gasteiger partial charge in [-0.2, -0.15) is 0 Å². The first kappa shape index (κ1) is 8.90. The Bertz CT molecular complexity index is 256. The molecule has 66 valence electrons. The molecule has 0 amide bonds. The molecule has 6 heteroatoms. The van der Waals surface area contributed by atoms with Crippen molar-refractivity contribution in [2.75, 3.05) is 12.4 Å². The first-order valence-electron chi connectivity index (χ1n) is 3.37. The van der Waals surface area contributed by atoms with Crippen molar-refractivity contribution < 1.29 is 12.9 Å². The van der Waals surface area contributed by atoms with Crippen molar-refractivity contribution in [2.24, 2.45) is 0 Å². The summed E-state index contributed by atoms with van der Waals surface area (Å²) in [5.41, 5.74) is -0.672. The second-order valence-corrected chi connectivity index (χ2v) is 2.30. The van der Waals surface area contributed by atoms with Crippen LogP contribution in [0.5, 0.6) is 0 Å². The van der Waals surface area contributed by atoms with E-state index in [1.165, 1.54) is 6.07 Å². The highest BCUT2D eigenvalue weighted by atomic mass is 19.4. The van der Waals surface area contributed by atoms with E-state index >= 15 is 0 Å². The third-order valence-electron chi connectivity index (χ3n) is 1.42. The second kappa shape index (κ2) is 3.04. The lowest BCUT2D eigenvalue weighted by atomic mass is 9.82. The van der Waals surface area contributed by atoms with Gasteiger partial charge >= 0.3 is 6.98 Å². The molecule has 0 atom stereocenters. The third-order valence-corrected chi connectivity index (χ3v) is 1.42. The fourth-order valence-corrected chi connectivity index (χ4v) is 0.747. The van der Waals surface area contributed by atoms with E-state index in [9.17, 15) is 12.9 Å². The molecule has 0 aliphatic carbocycles. The summed E-state index contributed by atoms with van der Waals surface area (Å²) in [5.74, 6) is 0.429. The molecular weight excluding hydrogens is 168 g/mol. The smallest absolute Gasteiger partial charge is 0.445 e. The molecule has 1 rings (SSSR count). The predicted molar refractivity (Wildman–Crippen MR) is 42.5 cm³/mol. The van der Waals surface area contributed by atoms with Crippen LogP contribution in [0.15, 0.2) is 18.3 Å². The minimum absolute atomic E-state index is 0.429. The summed E-state index contributed by atoms with van der Waals surface area (Å²) in [5, 5.41) is 2.63. The number of nitrogens with one attached hydrogen (secondary N) is 1. The molecule has 0 spiro atoms. The van der Waals surface area contributed by atoms with Crippen LogP contribution in [0, 0.1) is 0 Å². The van der Waals surface area contributed by atoms with Crippen molar-refractivity contribution >= 4 is 18.3 Å². The number of halogens is 3. The first-order chi connectivity index (χ1) is 5.54. The van der Waals surface area contributed by atoms with Crippen LogP contribution in [0.2, 0.25) is 0 Å². The maximum Gasteiger partial charge on any atom is 0.511 e. The quantitative estimate of drug-likeness (QED) is 0.682. The van der Waals surface area contributed by atoms with Gasteiger partial charge in [-0.1, -0.05) is 11.5 Å². The summed E-state index contributed by atoms with van der Waals surface area (Å²) < 4.78 is 36.1. The second-order valence-electron chi connectivity index (χ2n) is 2.30. The molecule has 0 radical (unpaired) electrons. The van der Waals surface area contributed by atoms with Gasteiger partial charge in [-0.05, 0) is 6.07 Å². The zero-order chi connectivity index (χ0) is 9.19. The number of nitrogens with zero attached hydrogens (tertiary/aromatic N) is 1. The van der Waals surface area contributed by atoms with Gasteiger partial charge < -0.3 is 18.3 Å². The maximum atomic E-state index is 12.0. The monoisotopic (exact) mass is 175 g/mol. The maximum absolute atomic E-state index is 12.0. The van der Waals surface area contributed by atoms with Crippen molar-refractivity contribution in [3.05, 3.63) is 18.3 Å². The molecular formula is C6H7BF3N2-. The van der Waals surface area contributed by atoms with Gasteiger partial charge in [0.15, 0.2) is 0 Å². The van der Waals surface area contributed by atoms with Crippen molar-refractivity contribution in [2.45, 2.75) is 0 Å². The molecule has 0 fully saturated rings. The lowest BCUT2D eigenvalue weighted by Crippen LogP contribution is -2.34. The van der Waals surface area contributed by atoms with Crippen molar-refractivity contribution in [1.29, 1.82) is 0 Å². The van der Waals surface area contributed by atoms with Gasteiger partial charge in [-0.15, -0.1) is 0 Å². The SMILES string of the molecule is CNc1ccc([B-](F)(F)F)cn1. The van der Waals surface area contributed by atoms with Crippen molar-refractivity contribution in [3.63, 3.8) is 0 Å². The lowest BCUT2D eigenvalue weighted by Gasteiger charge is -2.13. The minimum Gasteiger partial charge on any atom is -0.445 e. The first-order valence-corrected chi connectivity index (χ1v) is 3.37. The molecule has 1 N–H and O–H groups in total. The van der Waals surface area contributed by atoms with Gasteiger partial charge in [0.05, 0.1) is 0 Å². The van der Waals surface area contributed by atoms with Crippen LogP contribution in [-0.4, -0.2) is 19.0 Å². The number of rotatable bonds is 2. The molecule has 0 saturated carbocycles. The zero-order valence-electron chi connectivity index (χ0n) is 6.39. The molecule has 0 saturated heterocycles. The molecule has 0 aromatic carbocycles. The van der Waals surface area contributed by atoms with Crippen LogP contribution >= 0.6 is 0 Å². The van der Waals surface area contributed by atoms with E-state index in [-0.39, 0.29) is 0 Å². The Hall–Kier alpha value is -1.20. The van der Waals surface area contributed by atoms with E-state index in [0.717, 1.165) is 12.3 Å². The predicted octanol–water partition coefficient (Wildman–Crippen LogP) is 1.18. The van der Waals surface area contributed by atoms with E-state index in [2.05, 4.69) is 10.3 Å². The van der Waals surface area contributed by atoms with Crippen LogP contribution in [0.25, 0.3) is 0 Å². The van der Waals surface area contributed by atoms with Gasteiger partial charge in [0.25, 0.3) is 0 Å². The Kier molecular flexibility index (Phi) is 2.26. The summed E-state index contributed by atoms with van der Waals surface area (Å²) in [6, 6.07) is 2.31.